The minimum absolute atomic E-state index is 0.0836. The van der Waals surface area contributed by atoms with Crippen molar-refractivity contribution < 1.29 is 15.3 Å². The number of nitrogen functional groups attached to an aromatic ring is 1. The first-order valence-electron chi connectivity index (χ1n) is 6.10. The first kappa shape index (κ1) is 15.0. The molecular formula is C15H21NO3. The number of aromatic hydroxyl groups is 3. The summed E-state index contributed by atoms with van der Waals surface area (Å²) in [6.45, 7) is 7.28. The topological polar surface area (TPSA) is 86.7 Å². The van der Waals surface area contributed by atoms with Gasteiger partial charge >= 0.3 is 0 Å². The van der Waals surface area contributed by atoms with Crippen LogP contribution in [0.3, 0.4) is 0 Å². The second-order valence-corrected chi connectivity index (χ2v) is 4.86. The predicted molar refractivity (Wildman–Crippen MR) is 78.3 cm³/mol. The van der Waals surface area contributed by atoms with E-state index in [1.54, 1.807) is 6.92 Å². The zero-order chi connectivity index (χ0) is 14.7. The first-order chi connectivity index (χ1) is 8.77. The van der Waals surface area contributed by atoms with Crippen LogP contribution in [-0.2, 0) is 0 Å². The molecule has 0 aliphatic rings. The van der Waals surface area contributed by atoms with Crippen LogP contribution in [0.1, 0.15) is 38.3 Å². The van der Waals surface area contributed by atoms with Gasteiger partial charge in [0, 0.05) is 5.56 Å². The highest BCUT2D eigenvalue weighted by Crippen LogP contribution is 2.46. The first-order valence-corrected chi connectivity index (χ1v) is 6.10. The fraction of sp³-hybridized carbons (Fsp3) is 0.333. The standard InChI is InChI=1S/C15H21NO3/c1-8(2)6-5-7-9(3)11-14(18)12(16)10(4)13(17)15(11)19/h6-7,17-19H,5,16H2,1-4H3. The Morgan fingerprint density at radius 3 is 2.11 bits per heavy atom. The molecule has 0 amide bonds. The second kappa shape index (κ2) is 5.69. The van der Waals surface area contributed by atoms with E-state index in [0.717, 1.165) is 0 Å². The highest BCUT2D eigenvalue weighted by molar-refractivity contribution is 5.83. The summed E-state index contributed by atoms with van der Waals surface area (Å²) >= 11 is 0. The Balaban J connectivity index is 3.32. The molecule has 0 atom stereocenters. The highest BCUT2D eigenvalue weighted by atomic mass is 16.3. The summed E-state index contributed by atoms with van der Waals surface area (Å²) < 4.78 is 0. The molecule has 1 aromatic rings. The molecule has 0 saturated heterocycles. The van der Waals surface area contributed by atoms with Gasteiger partial charge in [0.25, 0.3) is 0 Å². The van der Waals surface area contributed by atoms with Gasteiger partial charge in [0.2, 0.25) is 0 Å². The summed E-state index contributed by atoms with van der Waals surface area (Å²) in [5.41, 5.74) is 8.09. The molecule has 0 radical (unpaired) electrons. The van der Waals surface area contributed by atoms with Gasteiger partial charge in [-0.15, -0.1) is 0 Å². The van der Waals surface area contributed by atoms with Crippen LogP contribution in [0.2, 0.25) is 0 Å². The van der Waals surface area contributed by atoms with Crippen LogP contribution in [0, 0.1) is 6.92 Å². The molecule has 0 unspecified atom stereocenters. The number of anilines is 1. The van der Waals surface area contributed by atoms with Crippen LogP contribution in [0.25, 0.3) is 5.57 Å². The SMILES string of the molecule is CC(C)=CCC=C(C)c1c(O)c(N)c(C)c(O)c1O. The Morgan fingerprint density at radius 2 is 1.58 bits per heavy atom. The lowest BCUT2D eigenvalue weighted by atomic mass is 9.99. The minimum Gasteiger partial charge on any atom is -0.505 e. The van der Waals surface area contributed by atoms with Crippen molar-refractivity contribution in [1.82, 2.24) is 0 Å². The Labute approximate surface area is 113 Å². The van der Waals surface area contributed by atoms with Gasteiger partial charge in [0.15, 0.2) is 11.5 Å². The summed E-state index contributed by atoms with van der Waals surface area (Å²) in [4.78, 5) is 0. The summed E-state index contributed by atoms with van der Waals surface area (Å²) in [5.74, 6) is -0.825. The molecule has 0 spiro atoms. The monoisotopic (exact) mass is 263 g/mol. The molecule has 0 saturated carbocycles. The molecule has 4 heteroatoms. The van der Waals surface area contributed by atoms with Crippen molar-refractivity contribution in [2.45, 2.75) is 34.1 Å². The lowest BCUT2D eigenvalue weighted by Crippen LogP contribution is -1.95. The zero-order valence-electron chi connectivity index (χ0n) is 11.8. The van der Waals surface area contributed by atoms with Crippen molar-refractivity contribution in [2.24, 2.45) is 0 Å². The van der Waals surface area contributed by atoms with Crippen LogP contribution in [-0.4, -0.2) is 15.3 Å². The minimum atomic E-state index is -0.338. The molecule has 0 aliphatic heterocycles. The molecule has 0 aromatic heterocycles. The molecule has 1 aromatic carbocycles. The Hall–Kier alpha value is -2.10. The van der Waals surface area contributed by atoms with Gasteiger partial charge in [-0.25, -0.2) is 0 Å². The summed E-state index contributed by atoms with van der Waals surface area (Å²) in [5, 5.41) is 29.7. The van der Waals surface area contributed by atoms with Gasteiger partial charge in [-0.3, -0.25) is 0 Å². The molecule has 0 aliphatic carbocycles. The molecule has 1 rings (SSSR count). The van der Waals surface area contributed by atoms with Crippen molar-refractivity contribution >= 4 is 11.3 Å². The quantitative estimate of drug-likeness (QED) is 0.291. The van der Waals surface area contributed by atoms with E-state index >= 15 is 0 Å². The number of nitrogens with two attached hydrogens (primary N) is 1. The van der Waals surface area contributed by atoms with Crippen LogP contribution in [0.15, 0.2) is 17.7 Å². The largest absolute Gasteiger partial charge is 0.505 e. The zero-order valence-corrected chi connectivity index (χ0v) is 11.8. The number of phenolic OH excluding ortho intramolecular Hbond substituents is 3. The Kier molecular flexibility index (Phi) is 4.48. The predicted octanol–water partition coefficient (Wildman–Crippen LogP) is 3.45. The van der Waals surface area contributed by atoms with Gasteiger partial charge in [0.1, 0.15) is 5.75 Å². The van der Waals surface area contributed by atoms with E-state index < -0.39 is 0 Å². The second-order valence-electron chi connectivity index (χ2n) is 4.86. The fourth-order valence-electron chi connectivity index (χ4n) is 1.79. The van der Waals surface area contributed by atoms with Gasteiger partial charge in [-0.1, -0.05) is 17.7 Å². The highest BCUT2D eigenvalue weighted by Gasteiger charge is 2.20. The number of phenols is 3. The molecule has 0 heterocycles. The third-order valence-electron chi connectivity index (χ3n) is 3.06. The lowest BCUT2D eigenvalue weighted by Gasteiger charge is -2.14. The number of allylic oxidation sites excluding steroid dienone is 4. The van der Waals surface area contributed by atoms with E-state index in [1.807, 2.05) is 26.0 Å². The van der Waals surface area contributed by atoms with Gasteiger partial charge in [-0.2, -0.15) is 0 Å². The molecular weight excluding hydrogens is 242 g/mol. The number of hydrogen-bond donors (Lipinski definition) is 4. The van der Waals surface area contributed by atoms with Crippen molar-refractivity contribution in [3.05, 3.63) is 28.9 Å². The van der Waals surface area contributed by atoms with Crippen molar-refractivity contribution in [3.63, 3.8) is 0 Å². The van der Waals surface area contributed by atoms with E-state index in [-0.39, 0.29) is 34.1 Å². The molecule has 19 heavy (non-hydrogen) atoms. The van der Waals surface area contributed by atoms with Gasteiger partial charge in [0.05, 0.1) is 11.3 Å². The van der Waals surface area contributed by atoms with Crippen LogP contribution >= 0.6 is 0 Å². The fourth-order valence-corrected chi connectivity index (χ4v) is 1.79. The van der Waals surface area contributed by atoms with Gasteiger partial charge in [-0.05, 0) is 39.7 Å². The average molecular weight is 263 g/mol. The van der Waals surface area contributed by atoms with E-state index in [4.69, 9.17) is 5.73 Å². The summed E-state index contributed by atoms with van der Waals surface area (Å²) in [6.07, 6.45) is 4.56. The van der Waals surface area contributed by atoms with E-state index in [1.165, 1.54) is 12.5 Å². The smallest absolute Gasteiger partial charge is 0.169 e. The van der Waals surface area contributed by atoms with Crippen LogP contribution < -0.4 is 5.73 Å². The maximum atomic E-state index is 10.0. The van der Waals surface area contributed by atoms with E-state index in [0.29, 0.717) is 12.0 Å². The molecule has 5 N–H and O–H groups in total. The molecule has 0 bridgehead atoms. The normalized spacial score (nSPS) is 11.5. The lowest BCUT2D eigenvalue weighted by molar-refractivity contribution is 0.393. The summed E-state index contributed by atoms with van der Waals surface area (Å²) in [7, 11) is 0. The maximum Gasteiger partial charge on any atom is 0.169 e. The molecule has 4 nitrogen and oxygen atoms in total. The van der Waals surface area contributed by atoms with Gasteiger partial charge < -0.3 is 21.1 Å². The van der Waals surface area contributed by atoms with Crippen LogP contribution in [0.4, 0.5) is 5.69 Å². The Morgan fingerprint density at radius 1 is 1.00 bits per heavy atom. The van der Waals surface area contributed by atoms with E-state index in [2.05, 4.69) is 0 Å². The van der Waals surface area contributed by atoms with Crippen molar-refractivity contribution in [2.75, 3.05) is 5.73 Å². The van der Waals surface area contributed by atoms with Crippen LogP contribution in [0.5, 0.6) is 17.2 Å². The van der Waals surface area contributed by atoms with E-state index in [9.17, 15) is 15.3 Å². The van der Waals surface area contributed by atoms with Crippen molar-refractivity contribution in [1.29, 1.82) is 0 Å². The van der Waals surface area contributed by atoms with Crippen molar-refractivity contribution in [3.8, 4) is 17.2 Å². The molecule has 104 valence electrons. The Bertz CT molecular complexity index is 524. The third kappa shape index (κ3) is 3.02. The third-order valence-corrected chi connectivity index (χ3v) is 3.06. The number of hydrogen-bond acceptors (Lipinski definition) is 4. The average Bonchev–Trinajstić information content (AvgIpc) is 2.34. The number of benzene rings is 1. The summed E-state index contributed by atoms with van der Waals surface area (Å²) in [6, 6.07) is 0. The molecule has 0 fully saturated rings. The number of rotatable bonds is 3. The maximum absolute atomic E-state index is 10.0.